The van der Waals surface area contributed by atoms with Crippen molar-refractivity contribution < 1.29 is 14.3 Å². The molecule has 0 saturated carbocycles. The average molecular weight is 337 g/mol. The van der Waals surface area contributed by atoms with Crippen LogP contribution in [0.25, 0.3) is 0 Å². The van der Waals surface area contributed by atoms with Crippen LogP contribution in [-0.4, -0.2) is 29.6 Å². The van der Waals surface area contributed by atoms with E-state index >= 15 is 0 Å². The first kappa shape index (κ1) is 13.1. The van der Waals surface area contributed by atoms with E-state index < -0.39 is 0 Å². The van der Waals surface area contributed by atoms with Crippen LogP contribution in [0.4, 0.5) is 0 Å². The molecular formula is C14H13BrN2O3. The number of H-pyrrole nitrogens is 1. The van der Waals surface area contributed by atoms with Gasteiger partial charge in [0.15, 0.2) is 11.5 Å². The molecule has 1 aliphatic heterocycles. The predicted octanol–water partition coefficient (Wildman–Crippen LogP) is 2.78. The fraction of sp³-hybridized carbons (Fsp3) is 0.214. The molecule has 20 heavy (non-hydrogen) atoms. The Morgan fingerprint density at radius 1 is 1.35 bits per heavy atom. The van der Waals surface area contributed by atoms with Gasteiger partial charge in [-0.15, -0.1) is 0 Å². The number of aromatic amines is 1. The van der Waals surface area contributed by atoms with Gasteiger partial charge in [-0.25, -0.2) is 0 Å². The second-order valence-corrected chi connectivity index (χ2v) is 5.50. The summed E-state index contributed by atoms with van der Waals surface area (Å²) in [7, 11) is 1.77. The molecule has 1 aromatic heterocycles. The smallest absolute Gasteiger partial charge is 0.270 e. The maximum atomic E-state index is 12.2. The van der Waals surface area contributed by atoms with Gasteiger partial charge in [0.2, 0.25) is 6.79 Å². The summed E-state index contributed by atoms with van der Waals surface area (Å²) in [6, 6.07) is 7.46. The predicted molar refractivity (Wildman–Crippen MR) is 76.9 cm³/mol. The fourth-order valence-electron chi connectivity index (χ4n) is 2.08. The standard InChI is InChI=1S/C14H13BrN2O3/c1-17(14(18)11-5-10(15)6-16-11)7-9-2-3-12-13(4-9)20-8-19-12/h2-6,16H,7-8H2,1H3. The number of benzene rings is 1. The van der Waals surface area contributed by atoms with Gasteiger partial charge >= 0.3 is 0 Å². The summed E-state index contributed by atoms with van der Waals surface area (Å²) in [6.07, 6.45) is 1.74. The molecule has 104 valence electrons. The van der Waals surface area contributed by atoms with Crippen LogP contribution in [0.2, 0.25) is 0 Å². The van der Waals surface area contributed by atoms with Crippen molar-refractivity contribution >= 4 is 21.8 Å². The number of carbonyl (C=O) groups is 1. The zero-order valence-corrected chi connectivity index (χ0v) is 12.4. The first-order valence-electron chi connectivity index (χ1n) is 6.11. The summed E-state index contributed by atoms with van der Waals surface area (Å²) in [5.41, 5.74) is 1.55. The Labute approximate surface area is 124 Å². The first-order valence-corrected chi connectivity index (χ1v) is 6.91. The van der Waals surface area contributed by atoms with Gasteiger partial charge < -0.3 is 19.4 Å². The molecule has 2 aromatic rings. The lowest BCUT2D eigenvalue weighted by atomic mass is 10.2. The molecule has 0 atom stereocenters. The van der Waals surface area contributed by atoms with Crippen molar-refractivity contribution in [2.45, 2.75) is 6.54 Å². The Kier molecular flexibility index (Phi) is 3.40. The Morgan fingerprint density at radius 3 is 2.90 bits per heavy atom. The number of carbonyl (C=O) groups excluding carboxylic acids is 1. The second-order valence-electron chi connectivity index (χ2n) is 4.58. The van der Waals surface area contributed by atoms with Gasteiger partial charge in [-0.05, 0) is 39.7 Å². The van der Waals surface area contributed by atoms with Crippen molar-refractivity contribution in [2.75, 3.05) is 13.8 Å². The highest BCUT2D eigenvalue weighted by Gasteiger charge is 2.17. The van der Waals surface area contributed by atoms with E-state index in [1.54, 1.807) is 24.2 Å². The third-order valence-corrected chi connectivity index (χ3v) is 3.54. The molecule has 0 unspecified atom stereocenters. The Hall–Kier alpha value is -1.95. The van der Waals surface area contributed by atoms with Crippen molar-refractivity contribution in [1.29, 1.82) is 0 Å². The molecule has 5 nitrogen and oxygen atoms in total. The number of nitrogens with one attached hydrogen (secondary N) is 1. The second kappa shape index (κ2) is 5.20. The fourth-order valence-corrected chi connectivity index (χ4v) is 2.43. The maximum Gasteiger partial charge on any atom is 0.270 e. The quantitative estimate of drug-likeness (QED) is 0.937. The number of halogens is 1. The van der Waals surface area contributed by atoms with E-state index in [9.17, 15) is 4.79 Å². The summed E-state index contributed by atoms with van der Waals surface area (Å²) in [5.74, 6) is 1.41. The summed E-state index contributed by atoms with van der Waals surface area (Å²) in [5, 5.41) is 0. The van der Waals surface area contributed by atoms with E-state index in [0.717, 1.165) is 21.5 Å². The largest absolute Gasteiger partial charge is 0.454 e. The molecule has 1 aromatic carbocycles. The molecule has 2 heterocycles. The number of rotatable bonds is 3. The Morgan fingerprint density at radius 2 is 2.15 bits per heavy atom. The van der Waals surface area contributed by atoms with E-state index in [1.807, 2.05) is 18.2 Å². The number of amides is 1. The zero-order valence-electron chi connectivity index (χ0n) is 10.9. The van der Waals surface area contributed by atoms with Gasteiger partial charge in [-0.1, -0.05) is 6.07 Å². The van der Waals surface area contributed by atoms with E-state index in [1.165, 1.54) is 0 Å². The van der Waals surface area contributed by atoms with Gasteiger partial charge in [0, 0.05) is 24.3 Å². The van der Waals surface area contributed by atoms with E-state index in [4.69, 9.17) is 9.47 Å². The van der Waals surface area contributed by atoms with Crippen molar-refractivity contribution in [2.24, 2.45) is 0 Å². The maximum absolute atomic E-state index is 12.2. The molecule has 0 bridgehead atoms. The van der Waals surface area contributed by atoms with E-state index in [0.29, 0.717) is 12.2 Å². The lowest BCUT2D eigenvalue weighted by Crippen LogP contribution is -2.26. The number of hydrogen-bond acceptors (Lipinski definition) is 3. The third kappa shape index (κ3) is 2.51. The van der Waals surface area contributed by atoms with Crippen molar-refractivity contribution in [3.8, 4) is 11.5 Å². The van der Waals surface area contributed by atoms with Gasteiger partial charge in [-0.3, -0.25) is 4.79 Å². The van der Waals surface area contributed by atoms with Crippen LogP contribution in [-0.2, 0) is 6.54 Å². The minimum Gasteiger partial charge on any atom is -0.454 e. The van der Waals surface area contributed by atoms with Crippen LogP contribution in [0.1, 0.15) is 16.1 Å². The molecule has 1 N–H and O–H groups in total. The molecular weight excluding hydrogens is 324 g/mol. The molecule has 0 radical (unpaired) electrons. The van der Waals surface area contributed by atoms with Crippen LogP contribution in [0.3, 0.4) is 0 Å². The lowest BCUT2D eigenvalue weighted by Gasteiger charge is -2.16. The highest BCUT2D eigenvalue weighted by atomic mass is 79.9. The van der Waals surface area contributed by atoms with E-state index in [-0.39, 0.29) is 12.7 Å². The van der Waals surface area contributed by atoms with E-state index in [2.05, 4.69) is 20.9 Å². The zero-order chi connectivity index (χ0) is 14.1. The first-order chi connectivity index (χ1) is 9.63. The molecule has 6 heteroatoms. The van der Waals surface area contributed by atoms with Crippen LogP contribution in [0.15, 0.2) is 34.9 Å². The highest BCUT2D eigenvalue weighted by molar-refractivity contribution is 9.10. The molecule has 0 saturated heterocycles. The van der Waals surface area contributed by atoms with Gasteiger partial charge in [0.25, 0.3) is 5.91 Å². The molecule has 0 spiro atoms. The number of aromatic nitrogens is 1. The highest BCUT2D eigenvalue weighted by Crippen LogP contribution is 2.32. The molecule has 0 aliphatic carbocycles. The molecule has 1 aliphatic rings. The van der Waals surface area contributed by atoms with Crippen LogP contribution < -0.4 is 9.47 Å². The summed E-state index contributed by atoms with van der Waals surface area (Å²) in [6.45, 7) is 0.760. The van der Waals surface area contributed by atoms with Gasteiger partial charge in [-0.2, -0.15) is 0 Å². The number of nitrogens with zero attached hydrogens (tertiary/aromatic N) is 1. The summed E-state index contributed by atoms with van der Waals surface area (Å²) in [4.78, 5) is 16.8. The van der Waals surface area contributed by atoms with Crippen molar-refractivity contribution in [1.82, 2.24) is 9.88 Å². The average Bonchev–Trinajstić information content (AvgIpc) is 3.05. The molecule has 3 rings (SSSR count). The van der Waals surface area contributed by atoms with Gasteiger partial charge in [0.1, 0.15) is 5.69 Å². The summed E-state index contributed by atoms with van der Waals surface area (Å²) < 4.78 is 11.5. The minimum absolute atomic E-state index is 0.0617. The minimum atomic E-state index is -0.0617. The van der Waals surface area contributed by atoms with Crippen LogP contribution in [0.5, 0.6) is 11.5 Å². The van der Waals surface area contributed by atoms with Crippen LogP contribution in [0, 0.1) is 0 Å². The lowest BCUT2D eigenvalue weighted by molar-refractivity contribution is 0.0780. The SMILES string of the molecule is CN(Cc1ccc2c(c1)OCO2)C(=O)c1cc(Br)c[nH]1. The number of fused-ring (bicyclic) bond motifs is 1. The summed E-state index contributed by atoms with van der Waals surface area (Å²) >= 11 is 3.32. The monoisotopic (exact) mass is 336 g/mol. The topological polar surface area (TPSA) is 54.6 Å². The van der Waals surface area contributed by atoms with Gasteiger partial charge in [0.05, 0.1) is 0 Å². The van der Waals surface area contributed by atoms with Crippen molar-refractivity contribution in [3.63, 3.8) is 0 Å². The Balaban J connectivity index is 1.72. The molecule has 1 amide bonds. The number of ether oxygens (including phenoxy) is 2. The normalized spacial score (nSPS) is 12.5. The Bertz CT molecular complexity index is 654. The molecule has 0 fully saturated rings. The van der Waals surface area contributed by atoms with Crippen LogP contribution >= 0.6 is 15.9 Å². The van der Waals surface area contributed by atoms with Crippen molar-refractivity contribution in [3.05, 3.63) is 46.2 Å². The number of hydrogen-bond donors (Lipinski definition) is 1. The third-order valence-electron chi connectivity index (χ3n) is 3.08.